The van der Waals surface area contributed by atoms with Gasteiger partial charge < -0.3 is 5.11 Å². The Balaban J connectivity index is 3.47. The lowest BCUT2D eigenvalue weighted by molar-refractivity contribution is 0.180. The molecular weight excluding hydrogens is 192 g/mol. The summed E-state index contributed by atoms with van der Waals surface area (Å²) < 4.78 is 29.1. The fourth-order valence-electron chi connectivity index (χ4n) is 1.13. The van der Waals surface area contributed by atoms with Crippen molar-refractivity contribution in [3.05, 3.63) is 0 Å². The normalized spacial score (nSPS) is 14.4. The van der Waals surface area contributed by atoms with Crippen LogP contribution >= 0.6 is 0 Å². The second-order valence-electron chi connectivity index (χ2n) is 3.25. The van der Waals surface area contributed by atoms with Gasteiger partial charge in [0.2, 0.25) is 0 Å². The van der Waals surface area contributed by atoms with Crippen LogP contribution in [0.15, 0.2) is 0 Å². The highest BCUT2D eigenvalue weighted by Crippen LogP contribution is 2.06. The SMILES string of the molecule is CCCCCCC(O)CS(=O)(=O)O. The van der Waals surface area contributed by atoms with Crippen molar-refractivity contribution in [3.8, 4) is 0 Å². The summed E-state index contributed by atoms with van der Waals surface area (Å²) in [6.07, 6.45) is 3.53. The first-order chi connectivity index (χ1) is 5.95. The molecule has 0 heterocycles. The summed E-state index contributed by atoms with van der Waals surface area (Å²) in [7, 11) is -4.02. The first-order valence-electron chi connectivity index (χ1n) is 4.59. The van der Waals surface area contributed by atoms with Gasteiger partial charge in [0.1, 0.15) is 5.75 Å². The van der Waals surface area contributed by atoms with E-state index in [0.29, 0.717) is 6.42 Å². The molecule has 0 spiro atoms. The van der Waals surface area contributed by atoms with Gasteiger partial charge in [0.15, 0.2) is 0 Å². The molecule has 0 rings (SSSR count). The number of hydrogen-bond acceptors (Lipinski definition) is 3. The van der Waals surface area contributed by atoms with Crippen molar-refractivity contribution < 1.29 is 18.1 Å². The van der Waals surface area contributed by atoms with Crippen LogP contribution in [-0.4, -0.2) is 29.9 Å². The minimum Gasteiger partial charge on any atom is -0.392 e. The molecule has 4 nitrogen and oxygen atoms in total. The molecule has 13 heavy (non-hydrogen) atoms. The van der Waals surface area contributed by atoms with E-state index in [1.165, 1.54) is 0 Å². The predicted octanol–water partition coefficient (Wildman–Crippen LogP) is 1.21. The van der Waals surface area contributed by atoms with E-state index in [0.717, 1.165) is 25.7 Å². The summed E-state index contributed by atoms with van der Waals surface area (Å²) in [6.45, 7) is 2.08. The zero-order chi connectivity index (χ0) is 10.3. The monoisotopic (exact) mass is 210 g/mol. The summed E-state index contributed by atoms with van der Waals surface area (Å²) in [4.78, 5) is 0. The summed E-state index contributed by atoms with van der Waals surface area (Å²) in [5.74, 6) is -0.543. The topological polar surface area (TPSA) is 74.6 Å². The number of aliphatic hydroxyl groups is 1. The van der Waals surface area contributed by atoms with Crippen LogP contribution in [0.4, 0.5) is 0 Å². The quantitative estimate of drug-likeness (QED) is 0.489. The van der Waals surface area contributed by atoms with Gasteiger partial charge in [0, 0.05) is 0 Å². The summed E-state index contributed by atoms with van der Waals surface area (Å²) >= 11 is 0. The minimum absolute atomic E-state index is 0.444. The highest BCUT2D eigenvalue weighted by Gasteiger charge is 2.12. The van der Waals surface area contributed by atoms with Crippen LogP contribution in [0.3, 0.4) is 0 Å². The highest BCUT2D eigenvalue weighted by atomic mass is 32.2. The predicted molar refractivity (Wildman–Crippen MR) is 51.2 cm³/mol. The van der Waals surface area contributed by atoms with Gasteiger partial charge >= 0.3 is 0 Å². The number of aliphatic hydroxyl groups excluding tert-OH is 1. The molecule has 0 fully saturated rings. The van der Waals surface area contributed by atoms with Gasteiger partial charge in [-0.3, -0.25) is 4.55 Å². The van der Waals surface area contributed by atoms with Crippen molar-refractivity contribution in [1.82, 2.24) is 0 Å². The Morgan fingerprint density at radius 2 is 1.85 bits per heavy atom. The Morgan fingerprint density at radius 1 is 1.23 bits per heavy atom. The first-order valence-corrected chi connectivity index (χ1v) is 6.20. The van der Waals surface area contributed by atoms with Gasteiger partial charge in [0.05, 0.1) is 6.10 Å². The smallest absolute Gasteiger partial charge is 0.267 e. The van der Waals surface area contributed by atoms with E-state index < -0.39 is 22.0 Å². The molecule has 0 aromatic heterocycles. The number of hydrogen-bond donors (Lipinski definition) is 2. The minimum atomic E-state index is -4.02. The molecular formula is C8H18O4S. The molecule has 80 valence electrons. The van der Waals surface area contributed by atoms with Crippen LogP contribution in [0.5, 0.6) is 0 Å². The third kappa shape index (κ3) is 9.79. The Labute approximate surface area is 79.7 Å². The third-order valence-electron chi connectivity index (χ3n) is 1.79. The average molecular weight is 210 g/mol. The fraction of sp³-hybridized carbons (Fsp3) is 1.00. The van der Waals surface area contributed by atoms with Crippen molar-refractivity contribution in [3.63, 3.8) is 0 Å². The molecule has 0 aromatic rings. The van der Waals surface area contributed by atoms with Crippen LogP contribution in [0.2, 0.25) is 0 Å². The largest absolute Gasteiger partial charge is 0.392 e. The lowest BCUT2D eigenvalue weighted by Crippen LogP contribution is -2.19. The highest BCUT2D eigenvalue weighted by molar-refractivity contribution is 7.85. The zero-order valence-corrected chi connectivity index (χ0v) is 8.76. The maximum absolute atomic E-state index is 10.3. The maximum atomic E-state index is 10.3. The van der Waals surface area contributed by atoms with Crippen LogP contribution in [0.1, 0.15) is 39.0 Å². The molecule has 0 radical (unpaired) electrons. The maximum Gasteiger partial charge on any atom is 0.267 e. The zero-order valence-electron chi connectivity index (χ0n) is 7.94. The van der Waals surface area contributed by atoms with Crippen LogP contribution in [0, 0.1) is 0 Å². The Hall–Kier alpha value is -0.130. The molecule has 0 saturated heterocycles. The number of unbranched alkanes of at least 4 members (excludes halogenated alkanes) is 3. The first kappa shape index (κ1) is 12.9. The summed E-state index contributed by atoms with van der Waals surface area (Å²) in [5, 5.41) is 9.14. The number of rotatable bonds is 7. The molecule has 2 N–H and O–H groups in total. The molecule has 0 saturated carbocycles. The molecule has 0 bridgehead atoms. The average Bonchev–Trinajstić information content (AvgIpc) is 1.94. The van der Waals surface area contributed by atoms with Crippen molar-refractivity contribution in [1.29, 1.82) is 0 Å². The lowest BCUT2D eigenvalue weighted by atomic mass is 10.1. The summed E-state index contributed by atoms with van der Waals surface area (Å²) in [5.41, 5.74) is 0. The van der Waals surface area contributed by atoms with E-state index in [-0.39, 0.29) is 0 Å². The Morgan fingerprint density at radius 3 is 2.31 bits per heavy atom. The van der Waals surface area contributed by atoms with E-state index in [1.807, 2.05) is 0 Å². The van der Waals surface area contributed by atoms with Crippen molar-refractivity contribution in [2.45, 2.75) is 45.1 Å². The van der Waals surface area contributed by atoms with Crippen LogP contribution in [-0.2, 0) is 10.1 Å². The van der Waals surface area contributed by atoms with Crippen molar-refractivity contribution in [2.24, 2.45) is 0 Å². The van der Waals surface area contributed by atoms with E-state index in [1.54, 1.807) is 0 Å². The van der Waals surface area contributed by atoms with Gasteiger partial charge in [-0.15, -0.1) is 0 Å². The molecule has 0 aliphatic heterocycles. The van der Waals surface area contributed by atoms with Crippen molar-refractivity contribution in [2.75, 3.05) is 5.75 Å². The Kier molecular flexibility index (Phi) is 6.28. The molecule has 1 atom stereocenters. The fourth-order valence-corrected chi connectivity index (χ4v) is 1.79. The molecule has 0 aliphatic rings. The van der Waals surface area contributed by atoms with Gasteiger partial charge in [-0.1, -0.05) is 32.6 Å². The van der Waals surface area contributed by atoms with Gasteiger partial charge in [0.25, 0.3) is 10.1 Å². The molecule has 0 amide bonds. The van der Waals surface area contributed by atoms with E-state index in [4.69, 9.17) is 9.66 Å². The van der Waals surface area contributed by atoms with Crippen LogP contribution < -0.4 is 0 Å². The molecule has 1 unspecified atom stereocenters. The van der Waals surface area contributed by atoms with Crippen LogP contribution in [0.25, 0.3) is 0 Å². The van der Waals surface area contributed by atoms with Crippen molar-refractivity contribution >= 4 is 10.1 Å². The lowest BCUT2D eigenvalue weighted by Gasteiger charge is -2.07. The van der Waals surface area contributed by atoms with E-state index >= 15 is 0 Å². The standard InChI is InChI=1S/C8H18O4S/c1-2-3-4-5-6-8(9)7-13(10,11)12/h8-9H,2-7H2,1H3,(H,10,11,12). The molecule has 0 aliphatic carbocycles. The Bertz CT molecular complexity index is 210. The van der Waals surface area contributed by atoms with E-state index in [9.17, 15) is 8.42 Å². The van der Waals surface area contributed by atoms with Gasteiger partial charge in [-0.25, -0.2) is 0 Å². The molecule has 0 aromatic carbocycles. The third-order valence-corrected chi connectivity index (χ3v) is 2.60. The second kappa shape index (κ2) is 6.34. The van der Waals surface area contributed by atoms with Gasteiger partial charge in [-0.05, 0) is 6.42 Å². The summed E-state index contributed by atoms with van der Waals surface area (Å²) in [6, 6.07) is 0. The molecule has 5 heteroatoms. The second-order valence-corrected chi connectivity index (χ2v) is 4.75. The van der Waals surface area contributed by atoms with E-state index in [2.05, 4.69) is 6.92 Å². The van der Waals surface area contributed by atoms with Gasteiger partial charge in [-0.2, -0.15) is 8.42 Å².